The van der Waals surface area contributed by atoms with E-state index in [-0.39, 0.29) is 6.04 Å². The van der Waals surface area contributed by atoms with Crippen molar-refractivity contribution < 1.29 is 9.26 Å². The topological polar surface area (TPSA) is 60.2 Å². The van der Waals surface area contributed by atoms with E-state index in [4.69, 9.17) is 9.26 Å². The van der Waals surface area contributed by atoms with Crippen LogP contribution in [0, 0.1) is 0 Å². The molecular formula is C23H21N3O2. The summed E-state index contributed by atoms with van der Waals surface area (Å²) in [6.07, 6.45) is 2.19. The third-order valence-electron chi connectivity index (χ3n) is 5.12. The van der Waals surface area contributed by atoms with Gasteiger partial charge in [0.2, 0.25) is 11.7 Å². The number of rotatable bonds is 5. The van der Waals surface area contributed by atoms with Gasteiger partial charge < -0.3 is 14.6 Å². The summed E-state index contributed by atoms with van der Waals surface area (Å²) in [4.78, 5) is 4.58. The van der Waals surface area contributed by atoms with Gasteiger partial charge in [0.15, 0.2) is 0 Å². The number of hydrogen-bond acceptors (Lipinski definition) is 5. The summed E-state index contributed by atoms with van der Waals surface area (Å²) in [5, 5.41) is 9.80. The van der Waals surface area contributed by atoms with Crippen molar-refractivity contribution in [1.82, 2.24) is 15.5 Å². The highest BCUT2D eigenvalue weighted by molar-refractivity contribution is 5.87. The van der Waals surface area contributed by atoms with Crippen LogP contribution in [0.15, 0.2) is 71.3 Å². The average Bonchev–Trinajstić information content (AvgIpc) is 3.44. The summed E-state index contributed by atoms with van der Waals surface area (Å²) in [7, 11) is 0. The zero-order valence-electron chi connectivity index (χ0n) is 15.5. The number of aromatic nitrogens is 2. The first-order valence-electron chi connectivity index (χ1n) is 9.63. The number of hydrogen-bond donors (Lipinski definition) is 1. The molecule has 0 amide bonds. The van der Waals surface area contributed by atoms with Crippen LogP contribution in [0.3, 0.4) is 0 Å². The van der Waals surface area contributed by atoms with Crippen molar-refractivity contribution in [3.63, 3.8) is 0 Å². The highest BCUT2D eigenvalue weighted by atomic mass is 16.5. The van der Waals surface area contributed by atoms with Gasteiger partial charge in [-0.2, -0.15) is 4.98 Å². The van der Waals surface area contributed by atoms with E-state index in [1.165, 1.54) is 0 Å². The normalized spacial score (nSPS) is 16.5. The summed E-state index contributed by atoms with van der Waals surface area (Å²) in [6, 6.07) is 22.7. The predicted octanol–water partition coefficient (Wildman–Crippen LogP) is 4.89. The van der Waals surface area contributed by atoms with Crippen LogP contribution < -0.4 is 10.1 Å². The van der Waals surface area contributed by atoms with Crippen molar-refractivity contribution in [1.29, 1.82) is 0 Å². The summed E-state index contributed by atoms with van der Waals surface area (Å²) >= 11 is 0. The molecule has 0 bridgehead atoms. The summed E-state index contributed by atoms with van der Waals surface area (Å²) < 4.78 is 11.4. The van der Waals surface area contributed by atoms with E-state index in [1.54, 1.807) is 0 Å². The van der Waals surface area contributed by atoms with Crippen molar-refractivity contribution in [2.75, 3.05) is 6.54 Å². The molecule has 0 aliphatic carbocycles. The van der Waals surface area contributed by atoms with Gasteiger partial charge in [-0.05, 0) is 53.9 Å². The average molecular weight is 371 g/mol. The molecule has 4 aromatic rings. The fourth-order valence-corrected chi connectivity index (χ4v) is 3.58. The lowest BCUT2D eigenvalue weighted by Gasteiger charge is -2.08. The number of ether oxygens (including phenoxy) is 1. The Morgan fingerprint density at radius 3 is 2.71 bits per heavy atom. The Kier molecular flexibility index (Phi) is 4.51. The Morgan fingerprint density at radius 2 is 1.86 bits per heavy atom. The Hall–Kier alpha value is -3.18. The summed E-state index contributed by atoms with van der Waals surface area (Å²) in [5.41, 5.74) is 2.11. The molecule has 0 spiro atoms. The number of fused-ring (bicyclic) bond motifs is 1. The molecule has 0 radical (unpaired) electrons. The van der Waals surface area contributed by atoms with Crippen LogP contribution in [-0.2, 0) is 6.61 Å². The smallest absolute Gasteiger partial charge is 0.244 e. The van der Waals surface area contributed by atoms with Crippen LogP contribution >= 0.6 is 0 Å². The second-order valence-electron chi connectivity index (χ2n) is 7.10. The van der Waals surface area contributed by atoms with Crippen molar-refractivity contribution in [3.05, 3.63) is 78.2 Å². The minimum absolute atomic E-state index is 0.186. The van der Waals surface area contributed by atoms with Gasteiger partial charge in [0.25, 0.3) is 0 Å². The standard InChI is InChI=1S/C23H21N3O2/c1-2-5-16(6-3-1)15-27-20-11-10-17-13-19(9-8-18(17)14-20)22-25-23(28-26-22)21-7-4-12-24-21/h1-3,5-6,8-11,13-14,21,24H,4,7,12,15H2/t21-/m0/s1. The molecule has 1 fully saturated rings. The van der Waals surface area contributed by atoms with E-state index in [0.29, 0.717) is 18.3 Å². The first kappa shape index (κ1) is 17.0. The van der Waals surface area contributed by atoms with Gasteiger partial charge in [0.05, 0.1) is 6.04 Å². The van der Waals surface area contributed by atoms with E-state index >= 15 is 0 Å². The molecule has 1 saturated heterocycles. The SMILES string of the molecule is c1ccc(COc2ccc3cc(-c4noc([C@@H]5CCCN5)n4)ccc3c2)cc1. The molecule has 3 aromatic carbocycles. The van der Waals surface area contributed by atoms with E-state index < -0.39 is 0 Å². The maximum absolute atomic E-state index is 5.93. The molecule has 28 heavy (non-hydrogen) atoms. The van der Waals surface area contributed by atoms with Gasteiger partial charge in [0.1, 0.15) is 12.4 Å². The quantitative estimate of drug-likeness (QED) is 0.541. The molecule has 5 rings (SSSR count). The lowest BCUT2D eigenvalue weighted by atomic mass is 10.1. The maximum atomic E-state index is 5.93. The van der Waals surface area contributed by atoms with Crippen LogP contribution in [0.1, 0.15) is 30.3 Å². The Morgan fingerprint density at radius 1 is 1.00 bits per heavy atom. The molecule has 140 valence electrons. The number of nitrogens with one attached hydrogen (secondary N) is 1. The number of nitrogens with zero attached hydrogens (tertiary/aromatic N) is 2. The Bertz CT molecular complexity index is 1090. The minimum Gasteiger partial charge on any atom is -0.489 e. The molecule has 2 heterocycles. The van der Waals surface area contributed by atoms with Gasteiger partial charge in [-0.3, -0.25) is 0 Å². The lowest BCUT2D eigenvalue weighted by molar-refractivity contribution is 0.306. The molecule has 5 heteroatoms. The third-order valence-corrected chi connectivity index (χ3v) is 5.12. The second kappa shape index (κ2) is 7.44. The van der Waals surface area contributed by atoms with E-state index in [2.05, 4.69) is 51.9 Å². The maximum Gasteiger partial charge on any atom is 0.244 e. The van der Waals surface area contributed by atoms with Gasteiger partial charge in [-0.15, -0.1) is 0 Å². The van der Waals surface area contributed by atoms with Crippen LogP contribution in [0.4, 0.5) is 0 Å². The monoisotopic (exact) mass is 371 g/mol. The highest BCUT2D eigenvalue weighted by Gasteiger charge is 2.22. The molecule has 1 aliphatic heterocycles. The molecular weight excluding hydrogens is 350 g/mol. The fraction of sp³-hybridized carbons (Fsp3) is 0.217. The van der Waals surface area contributed by atoms with E-state index in [1.807, 2.05) is 30.3 Å². The highest BCUT2D eigenvalue weighted by Crippen LogP contribution is 2.28. The van der Waals surface area contributed by atoms with Crippen LogP contribution in [-0.4, -0.2) is 16.7 Å². The third kappa shape index (κ3) is 3.49. The van der Waals surface area contributed by atoms with Crippen molar-refractivity contribution >= 4 is 10.8 Å². The zero-order valence-corrected chi connectivity index (χ0v) is 15.5. The predicted molar refractivity (Wildman–Crippen MR) is 108 cm³/mol. The molecule has 1 aromatic heterocycles. The van der Waals surface area contributed by atoms with Crippen LogP contribution in [0.2, 0.25) is 0 Å². The fourth-order valence-electron chi connectivity index (χ4n) is 3.58. The van der Waals surface area contributed by atoms with Crippen LogP contribution in [0.25, 0.3) is 22.2 Å². The second-order valence-corrected chi connectivity index (χ2v) is 7.10. The van der Waals surface area contributed by atoms with E-state index in [9.17, 15) is 0 Å². The minimum atomic E-state index is 0.186. The van der Waals surface area contributed by atoms with Gasteiger partial charge >= 0.3 is 0 Å². The van der Waals surface area contributed by atoms with Gasteiger partial charge in [-0.25, -0.2) is 0 Å². The molecule has 1 N–H and O–H groups in total. The van der Waals surface area contributed by atoms with Crippen molar-refractivity contribution in [2.24, 2.45) is 0 Å². The largest absolute Gasteiger partial charge is 0.489 e. The van der Waals surface area contributed by atoms with Gasteiger partial charge in [0, 0.05) is 5.56 Å². The molecule has 0 unspecified atom stereocenters. The van der Waals surface area contributed by atoms with Gasteiger partial charge in [-0.1, -0.05) is 53.7 Å². The Labute approximate surface area is 163 Å². The summed E-state index contributed by atoms with van der Waals surface area (Å²) in [5.74, 6) is 2.17. The lowest BCUT2D eigenvalue weighted by Crippen LogP contribution is -2.12. The molecule has 0 saturated carbocycles. The molecule has 5 nitrogen and oxygen atoms in total. The van der Waals surface area contributed by atoms with Crippen LogP contribution in [0.5, 0.6) is 5.75 Å². The first-order chi connectivity index (χ1) is 13.8. The number of benzene rings is 3. The van der Waals surface area contributed by atoms with Crippen molar-refractivity contribution in [2.45, 2.75) is 25.5 Å². The molecule has 1 atom stereocenters. The van der Waals surface area contributed by atoms with Crippen molar-refractivity contribution in [3.8, 4) is 17.1 Å². The summed E-state index contributed by atoms with van der Waals surface area (Å²) in [6.45, 7) is 1.57. The van der Waals surface area contributed by atoms with E-state index in [0.717, 1.165) is 47.0 Å². The molecule has 1 aliphatic rings. The Balaban J connectivity index is 1.35. The first-order valence-corrected chi connectivity index (χ1v) is 9.63. The zero-order chi connectivity index (χ0) is 18.8.